The van der Waals surface area contributed by atoms with Gasteiger partial charge in [-0.25, -0.2) is 9.59 Å². The van der Waals surface area contributed by atoms with E-state index in [1.54, 1.807) is 18.2 Å². The SMILES string of the molecule is CN1c2ccc(Br)cc2CC1(C(=O)O)C(=O)O. The van der Waals surface area contributed by atoms with Gasteiger partial charge in [-0.15, -0.1) is 0 Å². The molecule has 2 rings (SSSR count). The normalized spacial score (nSPS) is 16.7. The number of carbonyl (C=O) groups is 2. The number of likely N-dealkylation sites (N-methyl/N-ethyl adjacent to an activating group) is 1. The first-order valence-electron chi connectivity index (χ1n) is 4.88. The van der Waals surface area contributed by atoms with Crippen molar-refractivity contribution in [1.82, 2.24) is 0 Å². The van der Waals surface area contributed by atoms with Crippen LogP contribution in [0.3, 0.4) is 0 Å². The smallest absolute Gasteiger partial charge is 0.341 e. The minimum atomic E-state index is -1.90. The number of aliphatic carboxylic acids is 2. The van der Waals surface area contributed by atoms with E-state index in [0.29, 0.717) is 11.3 Å². The Morgan fingerprint density at radius 2 is 1.94 bits per heavy atom. The molecule has 90 valence electrons. The van der Waals surface area contributed by atoms with E-state index in [2.05, 4.69) is 15.9 Å². The van der Waals surface area contributed by atoms with Crippen LogP contribution in [0.5, 0.6) is 0 Å². The minimum absolute atomic E-state index is 0.0387. The first-order chi connectivity index (χ1) is 7.89. The van der Waals surface area contributed by atoms with E-state index in [1.807, 2.05) is 0 Å². The Morgan fingerprint density at radius 3 is 2.47 bits per heavy atom. The lowest BCUT2D eigenvalue weighted by Crippen LogP contribution is -2.57. The Bertz CT molecular complexity index is 500. The number of rotatable bonds is 2. The van der Waals surface area contributed by atoms with Crippen LogP contribution in [0.4, 0.5) is 5.69 Å². The predicted octanol–water partition coefficient (Wildman–Crippen LogP) is 1.35. The van der Waals surface area contributed by atoms with Crippen molar-refractivity contribution in [2.75, 3.05) is 11.9 Å². The van der Waals surface area contributed by atoms with Crippen molar-refractivity contribution in [3.63, 3.8) is 0 Å². The van der Waals surface area contributed by atoms with Gasteiger partial charge in [0, 0.05) is 23.6 Å². The molecule has 0 spiro atoms. The maximum atomic E-state index is 11.3. The highest BCUT2D eigenvalue weighted by Gasteiger charge is 2.55. The first kappa shape index (κ1) is 11.9. The van der Waals surface area contributed by atoms with Gasteiger partial charge in [0.1, 0.15) is 0 Å². The molecule has 1 aliphatic heterocycles. The lowest BCUT2D eigenvalue weighted by molar-refractivity contribution is -0.156. The summed E-state index contributed by atoms with van der Waals surface area (Å²) in [5.74, 6) is -2.69. The van der Waals surface area contributed by atoms with E-state index in [9.17, 15) is 19.8 Å². The molecule has 1 heterocycles. The van der Waals surface area contributed by atoms with E-state index in [0.717, 1.165) is 4.47 Å². The van der Waals surface area contributed by atoms with Crippen LogP contribution in [0, 0.1) is 0 Å². The lowest BCUT2D eigenvalue weighted by Gasteiger charge is -2.29. The van der Waals surface area contributed by atoms with Crippen molar-refractivity contribution < 1.29 is 19.8 Å². The molecule has 0 fully saturated rings. The summed E-state index contributed by atoms with van der Waals surface area (Å²) in [6.45, 7) is 0. The van der Waals surface area contributed by atoms with Gasteiger partial charge < -0.3 is 15.1 Å². The molecule has 0 saturated heterocycles. The second kappa shape index (κ2) is 3.73. The summed E-state index contributed by atoms with van der Waals surface area (Å²) in [6.07, 6.45) is -0.0387. The fourth-order valence-electron chi connectivity index (χ4n) is 2.15. The number of fused-ring (bicyclic) bond motifs is 1. The fourth-order valence-corrected chi connectivity index (χ4v) is 2.56. The van der Waals surface area contributed by atoms with Gasteiger partial charge in [-0.05, 0) is 23.8 Å². The van der Waals surface area contributed by atoms with Crippen LogP contribution in [-0.4, -0.2) is 34.7 Å². The Kier molecular flexibility index (Phi) is 2.61. The molecule has 1 aromatic rings. The molecule has 0 radical (unpaired) electrons. The minimum Gasteiger partial charge on any atom is -0.479 e. The Balaban J connectivity index is 2.58. The van der Waals surface area contributed by atoms with Crippen molar-refractivity contribution in [1.29, 1.82) is 0 Å². The highest BCUT2D eigenvalue weighted by Crippen LogP contribution is 2.39. The van der Waals surface area contributed by atoms with Crippen molar-refractivity contribution in [2.24, 2.45) is 0 Å². The molecular formula is C11H10BrNO4. The van der Waals surface area contributed by atoms with Gasteiger partial charge in [-0.1, -0.05) is 15.9 Å². The first-order valence-corrected chi connectivity index (χ1v) is 5.68. The molecule has 0 amide bonds. The molecule has 0 saturated carbocycles. The van der Waals surface area contributed by atoms with Gasteiger partial charge in [0.25, 0.3) is 0 Å². The molecule has 1 aromatic carbocycles. The average molecular weight is 300 g/mol. The van der Waals surface area contributed by atoms with Crippen LogP contribution in [0.15, 0.2) is 22.7 Å². The molecule has 5 nitrogen and oxygen atoms in total. The summed E-state index contributed by atoms with van der Waals surface area (Å²) in [7, 11) is 1.49. The molecule has 1 aliphatic rings. The van der Waals surface area contributed by atoms with E-state index in [-0.39, 0.29) is 6.42 Å². The summed E-state index contributed by atoms with van der Waals surface area (Å²) in [5, 5.41) is 18.4. The average Bonchev–Trinajstić information content (AvgIpc) is 2.52. The summed E-state index contributed by atoms with van der Waals surface area (Å²) in [5.41, 5.74) is -0.548. The predicted molar refractivity (Wildman–Crippen MR) is 64.3 cm³/mol. The van der Waals surface area contributed by atoms with Gasteiger partial charge >= 0.3 is 11.9 Å². The third-order valence-corrected chi connectivity index (χ3v) is 3.62. The van der Waals surface area contributed by atoms with Gasteiger partial charge in [-0.3, -0.25) is 0 Å². The van der Waals surface area contributed by atoms with Crippen molar-refractivity contribution in [3.8, 4) is 0 Å². The van der Waals surface area contributed by atoms with Crippen LogP contribution in [-0.2, 0) is 16.0 Å². The largest absolute Gasteiger partial charge is 0.479 e. The van der Waals surface area contributed by atoms with E-state index >= 15 is 0 Å². The van der Waals surface area contributed by atoms with Gasteiger partial charge in [0.15, 0.2) is 0 Å². The second-order valence-corrected chi connectivity index (χ2v) is 4.90. The standard InChI is InChI=1S/C11H10BrNO4/c1-13-8-3-2-7(12)4-6(8)5-11(13,9(14)15)10(16)17/h2-4H,5H2,1H3,(H,14,15)(H,16,17). The number of halogens is 1. The highest BCUT2D eigenvalue weighted by molar-refractivity contribution is 9.10. The van der Waals surface area contributed by atoms with Crippen LogP contribution in [0.2, 0.25) is 0 Å². The molecule has 0 unspecified atom stereocenters. The summed E-state index contributed by atoms with van der Waals surface area (Å²) >= 11 is 3.28. The number of carboxylic acid groups (broad SMARTS) is 2. The van der Waals surface area contributed by atoms with Crippen LogP contribution >= 0.6 is 15.9 Å². The number of carboxylic acids is 2. The molecule has 0 bridgehead atoms. The number of nitrogens with zero attached hydrogens (tertiary/aromatic N) is 1. The van der Waals surface area contributed by atoms with Crippen LogP contribution in [0.1, 0.15) is 5.56 Å². The maximum Gasteiger partial charge on any atom is 0.341 e. The number of hydrogen-bond donors (Lipinski definition) is 2. The molecule has 0 aliphatic carbocycles. The fraction of sp³-hybridized carbons (Fsp3) is 0.273. The molecular weight excluding hydrogens is 290 g/mol. The third kappa shape index (κ3) is 1.51. The monoisotopic (exact) mass is 299 g/mol. The topological polar surface area (TPSA) is 77.8 Å². The van der Waals surface area contributed by atoms with Gasteiger partial charge in [0.2, 0.25) is 5.54 Å². The molecule has 0 atom stereocenters. The number of benzene rings is 1. The summed E-state index contributed by atoms with van der Waals surface area (Å²) in [4.78, 5) is 23.9. The summed E-state index contributed by atoms with van der Waals surface area (Å²) < 4.78 is 0.802. The summed E-state index contributed by atoms with van der Waals surface area (Å²) in [6, 6.07) is 5.22. The van der Waals surface area contributed by atoms with Crippen LogP contribution < -0.4 is 4.90 Å². The van der Waals surface area contributed by atoms with E-state index in [4.69, 9.17) is 0 Å². The highest BCUT2D eigenvalue weighted by atomic mass is 79.9. The van der Waals surface area contributed by atoms with E-state index in [1.165, 1.54) is 11.9 Å². The Morgan fingerprint density at radius 1 is 1.35 bits per heavy atom. The quantitative estimate of drug-likeness (QED) is 0.806. The van der Waals surface area contributed by atoms with E-state index < -0.39 is 17.5 Å². The third-order valence-electron chi connectivity index (χ3n) is 3.13. The van der Waals surface area contributed by atoms with Crippen molar-refractivity contribution in [3.05, 3.63) is 28.2 Å². The maximum absolute atomic E-state index is 11.3. The van der Waals surface area contributed by atoms with Crippen LogP contribution in [0.25, 0.3) is 0 Å². The molecule has 2 N–H and O–H groups in total. The Labute approximate surface area is 106 Å². The zero-order chi connectivity index (χ0) is 12.8. The van der Waals surface area contributed by atoms with Crippen molar-refractivity contribution >= 4 is 33.6 Å². The zero-order valence-electron chi connectivity index (χ0n) is 8.98. The molecule has 0 aromatic heterocycles. The van der Waals surface area contributed by atoms with Gasteiger partial charge in [-0.2, -0.15) is 0 Å². The number of hydrogen-bond acceptors (Lipinski definition) is 3. The second-order valence-electron chi connectivity index (χ2n) is 3.98. The van der Waals surface area contributed by atoms with Crippen molar-refractivity contribution in [2.45, 2.75) is 12.0 Å². The lowest BCUT2D eigenvalue weighted by atomic mass is 9.95. The molecule has 6 heteroatoms. The number of anilines is 1. The molecule has 17 heavy (non-hydrogen) atoms. The van der Waals surface area contributed by atoms with Gasteiger partial charge in [0.05, 0.1) is 0 Å². The zero-order valence-corrected chi connectivity index (χ0v) is 10.6. The Hall–Kier alpha value is -1.56.